The molecule has 152 valence electrons. The van der Waals surface area contributed by atoms with Crippen LogP contribution >= 0.6 is 0 Å². The van der Waals surface area contributed by atoms with Crippen LogP contribution in [-0.4, -0.2) is 32.9 Å². The number of aliphatic carboxylic acids is 1. The Morgan fingerprint density at radius 2 is 2.00 bits per heavy atom. The van der Waals surface area contributed by atoms with Crippen molar-refractivity contribution < 1.29 is 28.2 Å². The molecule has 29 heavy (non-hydrogen) atoms. The molecule has 0 bridgehead atoms. The van der Waals surface area contributed by atoms with Crippen LogP contribution in [0.4, 0.5) is 8.78 Å². The number of halogens is 2. The van der Waals surface area contributed by atoms with Gasteiger partial charge in [-0.25, -0.2) is 13.8 Å². The molecule has 3 aromatic rings. The fourth-order valence-electron chi connectivity index (χ4n) is 3.42. The van der Waals surface area contributed by atoms with Gasteiger partial charge in [-0.2, -0.15) is 0 Å². The van der Waals surface area contributed by atoms with Gasteiger partial charge in [0.25, 0.3) is 0 Å². The number of ketones is 1. The molecule has 2 heterocycles. The number of carboxylic acid groups (broad SMARTS) is 1. The average molecular weight is 402 g/mol. The summed E-state index contributed by atoms with van der Waals surface area (Å²) in [7, 11) is 0. The molecule has 0 fully saturated rings. The quantitative estimate of drug-likeness (QED) is 0.573. The van der Waals surface area contributed by atoms with Gasteiger partial charge in [0.2, 0.25) is 0 Å². The molecule has 2 aromatic heterocycles. The van der Waals surface area contributed by atoms with Gasteiger partial charge in [0.15, 0.2) is 17.2 Å². The highest BCUT2D eigenvalue weighted by Crippen LogP contribution is 2.30. The van der Waals surface area contributed by atoms with Crippen molar-refractivity contribution in [2.75, 3.05) is 6.61 Å². The molecule has 1 N–H and O–H groups in total. The molecular weight excluding hydrogens is 382 g/mol. The third-order valence-electron chi connectivity index (χ3n) is 4.61. The Bertz CT molecular complexity index is 1080. The number of nitrogens with zero attached hydrogens (tertiary/aromatic N) is 2. The Hall–Kier alpha value is -3.29. The Kier molecular flexibility index (Phi) is 5.91. The maximum absolute atomic E-state index is 14.2. The summed E-state index contributed by atoms with van der Waals surface area (Å²) >= 11 is 0. The van der Waals surface area contributed by atoms with Gasteiger partial charge in [0.05, 0.1) is 18.7 Å². The summed E-state index contributed by atoms with van der Waals surface area (Å²) in [4.78, 5) is 28.7. The van der Waals surface area contributed by atoms with Crippen LogP contribution in [0.25, 0.3) is 5.65 Å². The van der Waals surface area contributed by atoms with Crippen LogP contribution in [0.3, 0.4) is 0 Å². The first-order chi connectivity index (χ1) is 13.8. The number of carboxylic acids is 1. The van der Waals surface area contributed by atoms with E-state index < -0.39 is 35.7 Å². The topological polar surface area (TPSA) is 80.9 Å². The lowest BCUT2D eigenvalue weighted by molar-refractivity contribution is -0.137. The van der Waals surface area contributed by atoms with Crippen LogP contribution in [0.2, 0.25) is 0 Å². The Labute approximate surface area is 165 Å². The molecule has 0 saturated carbocycles. The maximum Gasteiger partial charge on any atom is 0.303 e. The summed E-state index contributed by atoms with van der Waals surface area (Å²) in [6, 6.07) is 6.36. The van der Waals surface area contributed by atoms with Gasteiger partial charge in [0.1, 0.15) is 17.3 Å². The zero-order valence-corrected chi connectivity index (χ0v) is 16.0. The Morgan fingerprint density at radius 3 is 2.66 bits per heavy atom. The van der Waals surface area contributed by atoms with Gasteiger partial charge in [-0.1, -0.05) is 6.07 Å². The zero-order chi connectivity index (χ0) is 21.1. The number of aromatic nitrogens is 2. The fourth-order valence-corrected chi connectivity index (χ4v) is 3.42. The van der Waals surface area contributed by atoms with E-state index in [4.69, 9.17) is 4.74 Å². The van der Waals surface area contributed by atoms with E-state index in [-0.39, 0.29) is 17.7 Å². The van der Waals surface area contributed by atoms with Crippen LogP contribution < -0.4 is 4.74 Å². The molecule has 0 spiro atoms. The molecule has 0 saturated heterocycles. The molecule has 0 aliphatic carbocycles. The zero-order valence-electron chi connectivity index (χ0n) is 16.0. The van der Waals surface area contributed by atoms with E-state index in [2.05, 4.69) is 4.98 Å². The van der Waals surface area contributed by atoms with Crippen LogP contribution in [-0.2, 0) is 4.79 Å². The number of rotatable bonds is 8. The monoisotopic (exact) mass is 402 g/mol. The molecule has 6 nitrogen and oxygen atoms in total. The summed E-state index contributed by atoms with van der Waals surface area (Å²) in [6.45, 7) is 3.93. The average Bonchev–Trinajstić information content (AvgIpc) is 2.98. The van der Waals surface area contributed by atoms with Crippen LogP contribution in [0.1, 0.15) is 47.4 Å². The summed E-state index contributed by atoms with van der Waals surface area (Å²) in [6.07, 6.45) is 0.937. The molecule has 0 amide bonds. The number of aryl methyl sites for hydroxylation is 1. The maximum atomic E-state index is 14.2. The van der Waals surface area contributed by atoms with Gasteiger partial charge >= 0.3 is 5.97 Å². The highest BCUT2D eigenvalue weighted by molar-refractivity contribution is 5.97. The lowest BCUT2D eigenvalue weighted by Gasteiger charge is -2.16. The van der Waals surface area contributed by atoms with Crippen molar-refractivity contribution in [3.8, 4) is 5.75 Å². The van der Waals surface area contributed by atoms with E-state index in [1.807, 2.05) is 6.92 Å². The Balaban J connectivity index is 1.99. The predicted molar refractivity (Wildman–Crippen MR) is 101 cm³/mol. The van der Waals surface area contributed by atoms with Crippen molar-refractivity contribution in [3.05, 3.63) is 65.1 Å². The van der Waals surface area contributed by atoms with E-state index >= 15 is 0 Å². The van der Waals surface area contributed by atoms with Gasteiger partial charge in [-0.3, -0.25) is 14.0 Å². The first-order valence-electron chi connectivity index (χ1n) is 9.12. The number of imidazole rings is 1. The third kappa shape index (κ3) is 4.26. The van der Waals surface area contributed by atoms with E-state index in [0.717, 1.165) is 6.07 Å². The molecule has 0 aliphatic heterocycles. The Morgan fingerprint density at radius 1 is 1.24 bits per heavy atom. The second-order valence-electron chi connectivity index (χ2n) is 6.63. The van der Waals surface area contributed by atoms with Crippen LogP contribution in [0.5, 0.6) is 5.75 Å². The van der Waals surface area contributed by atoms with E-state index in [9.17, 15) is 23.5 Å². The molecule has 8 heteroatoms. The van der Waals surface area contributed by atoms with Gasteiger partial charge < -0.3 is 9.84 Å². The van der Waals surface area contributed by atoms with E-state index in [1.54, 1.807) is 29.7 Å². The van der Waals surface area contributed by atoms with Gasteiger partial charge in [0, 0.05) is 24.6 Å². The molecule has 1 aromatic carbocycles. The molecule has 0 aliphatic rings. The third-order valence-corrected chi connectivity index (χ3v) is 4.61. The number of hydrogen-bond acceptors (Lipinski definition) is 4. The largest absolute Gasteiger partial charge is 0.490 e. The van der Waals surface area contributed by atoms with Crippen molar-refractivity contribution in [1.29, 1.82) is 0 Å². The number of ether oxygens (including phenoxy) is 1. The second kappa shape index (κ2) is 8.38. The van der Waals surface area contributed by atoms with Gasteiger partial charge in [-0.15, -0.1) is 0 Å². The minimum atomic E-state index is -1.18. The summed E-state index contributed by atoms with van der Waals surface area (Å²) in [5, 5.41) is 9.21. The molecular formula is C21H20F2N2O4. The summed E-state index contributed by atoms with van der Waals surface area (Å²) in [5.74, 6) is -3.65. The number of Topliss-reactive ketones (excluding diaryl/α,β-unsaturated/α-hetero) is 1. The van der Waals surface area contributed by atoms with Crippen molar-refractivity contribution in [2.24, 2.45) is 0 Å². The van der Waals surface area contributed by atoms with Crippen molar-refractivity contribution in [2.45, 2.75) is 32.6 Å². The second-order valence-corrected chi connectivity index (χ2v) is 6.63. The normalized spacial score (nSPS) is 12.1. The first kappa shape index (κ1) is 20.4. The molecule has 1 atom stereocenters. The van der Waals surface area contributed by atoms with Crippen molar-refractivity contribution in [3.63, 3.8) is 0 Å². The molecule has 0 radical (unpaired) electrons. The standard InChI is InChI=1S/C21H20F2N2O4/c1-3-29-18-5-4-8-25-20(12(2)24-21(18)25)17(26)9-13(10-19(27)28)15-7-6-14(22)11-16(15)23/h4-8,11,13H,3,9-10H2,1-2H3,(H,27,28). The molecule has 1 unspecified atom stereocenters. The summed E-state index contributed by atoms with van der Waals surface area (Å²) < 4.78 is 34.6. The van der Waals surface area contributed by atoms with Crippen LogP contribution in [0, 0.1) is 18.6 Å². The number of carbonyl (C=O) groups is 2. The number of fused-ring (bicyclic) bond motifs is 1. The minimum absolute atomic E-state index is 0.0105. The highest BCUT2D eigenvalue weighted by atomic mass is 19.1. The number of hydrogen-bond donors (Lipinski definition) is 1. The summed E-state index contributed by atoms with van der Waals surface area (Å²) in [5.41, 5.74) is 1.19. The van der Waals surface area contributed by atoms with Crippen molar-refractivity contribution >= 4 is 17.4 Å². The molecule has 3 rings (SSSR count). The first-order valence-corrected chi connectivity index (χ1v) is 9.12. The number of pyridine rings is 1. The SMILES string of the molecule is CCOc1cccn2c(C(=O)CC(CC(=O)O)c3ccc(F)cc3F)c(C)nc12. The van der Waals surface area contributed by atoms with E-state index in [1.165, 1.54) is 6.07 Å². The van der Waals surface area contributed by atoms with Crippen LogP contribution in [0.15, 0.2) is 36.5 Å². The highest BCUT2D eigenvalue weighted by Gasteiger charge is 2.26. The predicted octanol–water partition coefficient (Wildman–Crippen LogP) is 4.15. The van der Waals surface area contributed by atoms with Gasteiger partial charge in [-0.05, 0) is 37.6 Å². The number of carbonyl (C=O) groups excluding carboxylic acids is 1. The van der Waals surface area contributed by atoms with Crippen molar-refractivity contribution in [1.82, 2.24) is 9.38 Å². The number of benzene rings is 1. The minimum Gasteiger partial charge on any atom is -0.490 e. The fraction of sp³-hybridized carbons (Fsp3) is 0.286. The lowest BCUT2D eigenvalue weighted by Crippen LogP contribution is -2.15. The van der Waals surface area contributed by atoms with E-state index in [0.29, 0.717) is 29.8 Å². The smallest absolute Gasteiger partial charge is 0.303 e. The lowest BCUT2D eigenvalue weighted by atomic mass is 9.89.